The summed E-state index contributed by atoms with van der Waals surface area (Å²) in [6.07, 6.45) is 7.11. The van der Waals surface area contributed by atoms with Crippen LogP contribution in [0.15, 0.2) is 18.2 Å². The first kappa shape index (κ1) is 16.3. The first-order valence-electron chi connectivity index (χ1n) is 8.52. The van der Waals surface area contributed by atoms with Gasteiger partial charge in [-0.3, -0.25) is 0 Å². The maximum atomic E-state index is 14.5. The van der Waals surface area contributed by atoms with Gasteiger partial charge in [-0.1, -0.05) is 32.8 Å². The summed E-state index contributed by atoms with van der Waals surface area (Å²) < 4.78 is 14.5. The number of hydrogen-bond acceptors (Lipinski definition) is 2. The molecular formula is C18H29FN2. The Kier molecular flexibility index (Phi) is 6.50. The Balaban J connectivity index is 2.10. The summed E-state index contributed by atoms with van der Waals surface area (Å²) in [7, 11) is 0. The van der Waals surface area contributed by atoms with Gasteiger partial charge in [-0.2, -0.15) is 0 Å². The van der Waals surface area contributed by atoms with E-state index in [0.717, 1.165) is 43.7 Å². The Bertz CT molecular complexity index is 433. The zero-order valence-corrected chi connectivity index (χ0v) is 13.5. The van der Waals surface area contributed by atoms with Crippen molar-refractivity contribution in [1.82, 2.24) is 5.32 Å². The Morgan fingerprint density at radius 2 is 2.10 bits per heavy atom. The van der Waals surface area contributed by atoms with E-state index in [-0.39, 0.29) is 5.82 Å². The van der Waals surface area contributed by atoms with Crippen LogP contribution in [0.4, 0.5) is 10.1 Å². The molecule has 0 radical (unpaired) electrons. The van der Waals surface area contributed by atoms with Gasteiger partial charge in [0.15, 0.2) is 0 Å². The predicted octanol–water partition coefficient (Wildman–Crippen LogP) is 4.48. The summed E-state index contributed by atoms with van der Waals surface area (Å²) in [5, 5.41) is 3.33. The molecule has 0 aromatic heterocycles. The van der Waals surface area contributed by atoms with Crippen molar-refractivity contribution in [3.05, 3.63) is 29.6 Å². The molecule has 2 nitrogen and oxygen atoms in total. The van der Waals surface area contributed by atoms with Crippen molar-refractivity contribution in [2.45, 2.75) is 65.0 Å². The van der Waals surface area contributed by atoms with Gasteiger partial charge in [-0.05, 0) is 49.9 Å². The van der Waals surface area contributed by atoms with Gasteiger partial charge in [0.25, 0.3) is 0 Å². The van der Waals surface area contributed by atoms with Gasteiger partial charge < -0.3 is 10.2 Å². The second-order valence-corrected chi connectivity index (χ2v) is 6.07. The standard InChI is InChI=1S/C18H29FN2/c1-3-11-20-14-15-9-10-18(17(19)13-15)21-12-7-5-6-8-16(21)4-2/h9-10,13,16,20H,3-8,11-12,14H2,1-2H3. The van der Waals surface area contributed by atoms with Crippen LogP contribution >= 0.6 is 0 Å². The van der Waals surface area contributed by atoms with Crippen LogP contribution in [0, 0.1) is 5.82 Å². The Morgan fingerprint density at radius 1 is 1.24 bits per heavy atom. The van der Waals surface area contributed by atoms with E-state index in [1.807, 2.05) is 6.07 Å². The van der Waals surface area contributed by atoms with E-state index in [9.17, 15) is 4.39 Å². The lowest BCUT2D eigenvalue weighted by Crippen LogP contribution is -2.35. The van der Waals surface area contributed by atoms with Crippen molar-refractivity contribution in [1.29, 1.82) is 0 Å². The first-order chi connectivity index (χ1) is 10.3. The third kappa shape index (κ3) is 4.44. The topological polar surface area (TPSA) is 15.3 Å². The molecule has 0 spiro atoms. The number of hydrogen-bond donors (Lipinski definition) is 1. The number of anilines is 1. The molecule has 1 atom stereocenters. The lowest BCUT2D eigenvalue weighted by atomic mass is 10.1. The Hall–Kier alpha value is -1.09. The van der Waals surface area contributed by atoms with Crippen molar-refractivity contribution in [3.63, 3.8) is 0 Å². The predicted molar refractivity (Wildman–Crippen MR) is 88.3 cm³/mol. The molecule has 1 saturated heterocycles. The molecule has 3 heteroatoms. The highest BCUT2D eigenvalue weighted by molar-refractivity contribution is 5.50. The third-order valence-electron chi connectivity index (χ3n) is 4.43. The summed E-state index contributed by atoms with van der Waals surface area (Å²) >= 11 is 0. The maximum Gasteiger partial charge on any atom is 0.146 e. The molecule has 0 aliphatic carbocycles. The highest BCUT2D eigenvalue weighted by Crippen LogP contribution is 2.28. The number of benzene rings is 1. The molecule has 118 valence electrons. The molecule has 1 aliphatic heterocycles. The summed E-state index contributed by atoms with van der Waals surface area (Å²) in [6.45, 7) is 7.07. The quantitative estimate of drug-likeness (QED) is 0.777. The molecule has 1 aliphatic rings. The van der Waals surface area contributed by atoms with Crippen LogP contribution < -0.4 is 10.2 Å². The molecule has 0 amide bonds. The number of nitrogens with zero attached hydrogens (tertiary/aromatic N) is 1. The molecule has 1 fully saturated rings. The van der Waals surface area contributed by atoms with Gasteiger partial charge >= 0.3 is 0 Å². The zero-order chi connectivity index (χ0) is 15.1. The number of rotatable bonds is 6. The second-order valence-electron chi connectivity index (χ2n) is 6.07. The van der Waals surface area contributed by atoms with Gasteiger partial charge in [0.2, 0.25) is 0 Å². The van der Waals surface area contributed by atoms with Gasteiger partial charge in [-0.15, -0.1) is 0 Å². The van der Waals surface area contributed by atoms with Crippen molar-refractivity contribution >= 4 is 5.69 Å². The van der Waals surface area contributed by atoms with Crippen molar-refractivity contribution in [2.75, 3.05) is 18.0 Å². The van der Waals surface area contributed by atoms with Gasteiger partial charge in [-0.25, -0.2) is 4.39 Å². The van der Waals surface area contributed by atoms with E-state index in [1.54, 1.807) is 6.07 Å². The third-order valence-corrected chi connectivity index (χ3v) is 4.43. The molecule has 21 heavy (non-hydrogen) atoms. The van der Waals surface area contributed by atoms with Crippen LogP contribution in [0.3, 0.4) is 0 Å². The van der Waals surface area contributed by atoms with E-state index in [0.29, 0.717) is 6.04 Å². The Labute approximate surface area is 128 Å². The highest BCUT2D eigenvalue weighted by Gasteiger charge is 2.22. The van der Waals surface area contributed by atoms with E-state index in [4.69, 9.17) is 0 Å². The average molecular weight is 292 g/mol. The van der Waals surface area contributed by atoms with Crippen LogP contribution in [0.5, 0.6) is 0 Å². The largest absolute Gasteiger partial charge is 0.366 e. The summed E-state index contributed by atoms with van der Waals surface area (Å²) in [4.78, 5) is 2.30. The SMILES string of the molecule is CCCNCc1ccc(N2CCCCCC2CC)c(F)c1. The molecule has 2 rings (SSSR count). The van der Waals surface area contributed by atoms with E-state index >= 15 is 0 Å². The summed E-state index contributed by atoms with van der Waals surface area (Å²) in [5.74, 6) is -0.0638. The monoisotopic (exact) mass is 292 g/mol. The average Bonchev–Trinajstić information content (AvgIpc) is 2.73. The zero-order valence-electron chi connectivity index (χ0n) is 13.5. The molecule has 1 aromatic carbocycles. The number of halogens is 1. The van der Waals surface area contributed by atoms with Crippen LogP contribution in [0.25, 0.3) is 0 Å². The second kappa shape index (κ2) is 8.38. The summed E-state index contributed by atoms with van der Waals surface area (Å²) in [5.41, 5.74) is 1.83. The fraction of sp³-hybridized carbons (Fsp3) is 0.667. The first-order valence-corrected chi connectivity index (χ1v) is 8.52. The minimum absolute atomic E-state index is 0.0638. The molecule has 1 heterocycles. The minimum atomic E-state index is -0.0638. The summed E-state index contributed by atoms with van der Waals surface area (Å²) in [6, 6.07) is 6.24. The van der Waals surface area contributed by atoms with Crippen LogP contribution in [-0.2, 0) is 6.54 Å². The van der Waals surface area contributed by atoms with Crippen molar-refractivity contribution < 1.29 is 4.39 Å². The lowest BCUT2D eigenvalue weighted by Gasteiger charge is -2.32. The fourth-order valence-electron chi connectivity index (χ4n) is 3.22. The molecule has 1 N–H and O–H groups in total. The highest BCUT2D eigenvalue weighted by atomic mass is 19.1. The molecular weight excluding hydrogens is 263 g/mol. The smallest absolute Gasteiger partial charge is 0.146 e. The van der Waals surface area contributed by atoms with E-state index in [2.05, 4.69) is 30.1 Å². The number of nitrogens with one attached hydrogen (secondary N) is 1. The van der Waals surface area contributed by atoms with Crippen LogP contribution in [-0.4, -0.2) is 19.1 Å². The van der Waals surface area contributed by atoms with Gasteiger partial charge in [0.05, 0.1) is 5.69 Å². The molecule has 1 unspecified atom stereocenters. The van der Waals surface area contributed by atoms with E-state index < -0.39 is 0 Å². The Morgan fingerprint density at radius 3 is 2.81 bits per heavy atom. The molecule has 0 saturated carbocycles. The van der Waals surface area contributed by atoms with E-state index in [1.165, 1.54) is 25.7 Å². The van der Waals surface area contributed by atoms with Gasteiger partial charge in [0, 0.05) is 19.1 Å². The lowest BCUT2D eigenvalue weighted by molar-refractivity contribution is 0.539. The molecule has 1 aromatic rings. The molecule has 0 bridgehead atoms. The van der Waals surface area contributed by atoms with Crippen molar-refractivity contribution in [2.24, 2.45) is 0 Å². The van der Waals surface area contributed by atoms with Crippen molar-refractivity contribution in [3.8, 4) is 0 Å². The van der Waals surface area contributed by atoms with Crippen LogP contribution in [0.2, 0.25) is 0 Å². The normalized spacial score (nSPS) is 19.6. The van der Waals surface area contributed by atoms with Gasteiger partial charge in [0.1, 0.15) is 5.82 Å². The van der Waals surface area contributed by atoms with Crippen LogP contribution in [0.1, 0.15) is 57.9 Å². The minimum Gasteiger partial charge on any atom is -0.366 e. The fourth-order valence-corrected chi connectivity index (χ4v) is 3.22. The maximum absolute atomic E-state index is 14.5.